The Kier molecular flexibility index (Phi) is 7.12. The Labute approximate surface area is 178 Å². The molecule has 0 aliphatic carbocycles. The van der Waals surface area contributed by atoms with Crippen molar-refractivity contribution in [3.8, 4) is 11.8 Å². The zero-order valence-corrected chi connectivity index (χ0v) is 16.3. The van der Waals surface area contributed by atoms with Gasteiger partial charge in [0.15, 0.2) is 6.61 Å². The zero-order chi connectivity index (χ0) is 22.1. The van der Waals surface area contributed by atoms with Gasteiger partial charge in [-0.1, -0.05) is 42.5 Å². The zero-order valence-electron chi connectivity index (χ0n) is 16.3. The van der Waals surface area contributed by atoms with Crippen molar-refractivity contribution in [3.63, 3.8) is 0 Å². The minimum Gasteiger partial charge on any atom is -0.484 e. The van der Waals surface area contributed by atoms with Crippen LogP contribution in [0.3, 0.4) is 0 Å². The largest absolute Gasteiger partial charge is 0.484 e. The van der Waals surface area contributed by atoms with Gasteiger partial charge in [0, 0.05) is 5.69 Å². The van der Waals surface area contributed by atoms with Crippen LogP contribution in [0.1, 0.15) is 5.56 Å². The van der Waals surface area contributed by atoms with Crippen molar-refractivity contribution in [2.24, 2.45) is 0 Å². The van der Waals surface area contributed by atoms with E-state index >= 15 is 0 Å². The van der Waals surface area contributed by atoms with Crippen molar-refractivity contribution >= 4 is 29.3 Å². The SMILES string of the molecule is N#C/C(=C\c1ccc(OCC(=O)Nc2ccccc2F)cc1)C(=O)Nc1ccccc1. The first-order chi connectivity index (χ1) is 15.0. The van der Waals surface area contributed by atoms with Gasteiger partial charge in [-0.15, -0.1) is 0 Å². The number of anilines is 2. The van der Waals surface area contributed by atoms with Gasteiger partial charge in [-0.05, 0) is 48.0 Å². The molecule has 3 aromatic carbocycles. The molecule has 0 unspecified atom stereocenters. The number of nitrogens with zero attached hydrogens (tertiary/aromatic N) is 1. The van der Waals surface area contributed by atoms with E-state index in [2.05, 4.69) is 10.6 Å². The number of para-hydroxylation sites is 2. The van der Waals surface area contributed by atoms with Gasteiger partial charge in [0.25, 0.3) is 11.8 Å². The van der Waals surface area contributed by atoms with Crippen LogP contribution in [0.5, 0.6) is 5.75 Å². The van der Waals surface area contributed by atoms with Gasteiger partial charge in [0.2, 0.25) is 0 Å². The smallest absolute Gasteiger partial charge is 0.266 e. The molecule has 0 spiro atoms. The molecule has 154 valence electrons. The number of amides is 2. The van der Waals surface area contributed by atoms with Crippen LogP contribution in [0.25, 0.3) is 6.08 Å². The molecule has 3 rings (SSSR count). The van der Waals surface area contributed by atoms with E-state index in [0.29, 0.717) is 17.0 Å². The van der Waals surface area contributed by atoms with Gasteiger partial charge in [-0.2, -0.15) is 5.26 Å². The molecule has 0 saturated heterocycles. The fourth-order valence-corrected chi connectivity index (χ4v) is 2.59. The van der Waals surface area contributed by atoms with Crippen LogP contribution in [0.2, 0.25) is 0 Å². The molecule has 0 aromatic heterocycles. The highest BCUT2D eigenvalue weighted by Gasteiger charge is 2.10. The summed E-state index contributed by atoms with van der Waals surface area (Å²) in [5.74, 6) is -1.14. The van der Waals surface area contributed by atoms with E-state index in [4.69, 9.17) is 4.74 Å². The molecule has 0 aliphatic rings. The summed E-state index contributed by atoms with van der Waals surface area (Å²) in [7, 11) is 0. The maximum atomic E-state index is 13.6. The minimum absolute atomic E-state index is 0.0539. The average Bonchev–Trinajstić information content (AvgIpc) is 2.79. The summed E-state index contributed by atoms with van der Waals surface area (Å²) in [5, 5.41) is 14.4. The minimum atomic E-state index is -0.531. The molecule has 6 nitrogen and oxygen atoms in total. The Morgan fingerprint density at radius 1 is 0.935 bits per heavy atom. The highest BCUT2D eigenvalue weighted by atomic mass is 19.1. The van der Waals surface area contributed by atoms with E-state index in [1.165, 1.54) is 24.3 Å². The lowest BCUT2D eigenvalue weighted by Gasteiger charge is -2.08. The lowest BCUT2D eigenvalue weighted by atomic mass is 10.1. The molecular formula is C24H18FN3O3. The van der Waals surface area contributed by atoms with E-state index in [1.54, 1.807) is 54.6 Å². The molecule has 31 heavy (non-hydrogen) atoms. The van der Waals surface area contributed by atoms with Crippen molar-refractivity contribution in [1.82, 2.24) is 0 Å². The number of benzene rings is 3. The first-order valence-electron chi connectivity index (χ1n) is 9.30. The lowest BCUT2D eigenvalue weighted by Crippen LogP contribution is -2.20. The Balaban J connectivity index is 1.57. The van der Waals surface area contributed by atoms with Crippen LogP contribution in [-0.4, -0.2) is 18.4 Å². The fourth-order valence-electron chi connectivity index (χ4n) is 2.59. The predicted molar refractivity (Wildman–Crippen MR) is 116 cm³/mol. The average molecular weight is 415 g/mol. The first kappa shape index (κ1) is 21.3. The van der Waals surface area contributed by atoms with Crippen molar-refractivity contribution in [3.05, 3.63) is 95.8 Å². The fraction of sp³-hybridized carbons (Fsp3) is 0.0417. The second-order valence-electron chi connectivity index (χ2n) is 6.38. The van der Waals surface area contributed by atoms with Crippen LogP contribution in [0, 0.1) is 17.1 Å². The molecular weight excluding hydrogens is 397 g/mol. The molecule has 0 radical (unpaired) electrons. The van der Waals surface area contributed by atoms with Crippen molar-refractivity contribution in [1.29, 1.82) is 5.26 Å². The van der Waals surface area contributed by atoms with Crippen LogP contribution >= 0.6 is 0 Å². The van der Waals surface area contributed by atoms with Gasteiger partial charge >= 0.3 is 0 Å². The maximum Gasteiger partial charge on any atom is 0.266 e. The van der Waals surface area contributed by atoms with Gasteiger partial charge in [-0.3, -0.25) is 9.59 Å². The number of nitriles is 1. The second-order valence-corrected chi connectivity index (χ2v) is 6.38. The van der Waals surface area contributed by atoms with E-state index in [-0.39, 0.29) is 17.9 Å². The molecule has 0 saturated carbocycles. The number of carbonyl (C=O) groups is 2. The van der Waals surface area contributed by atoms with E-state index < -0.39 is 17.6 Å². The Hall–Kier alpha value is -4.44. The standard InChI is InChI=1S/C24H18FN3O3/c25-21-8-4-5-9-22(21)28-23(29)16-31-20-12-10-17(11-13-20)14-18(15-26)24(30)27-19-6-2-1-3-7-19/h1-14H,16H2,(H,27,30)(H,28,29)/b18-14+. The van der Waals surface area contributed by atoms with Crippen molar-refractivity contribution in [2.75, 3.05) is 17.2 Å². The summed E-state index contributed by atoms with van der Waals surface area (Å²) in [4.78, 5) is 24.2. The molecule has 0 heterocycles. The van der Waals surface area contributed by atoms with Crippen molar-refractivity contribution in [2.45, 2.75) is 0 Å². The third kappa shape index (κ3) is 6.27. The Bertz CT molecular complexity index is 1140. The van der Waals surface area contributed by atoms with Gasteiger partial charge < -0.3 is 15.4 Å². The summed E-state index contributed by atoms with van der Waals surface area (Å²) >= 11 is 0. The van der Waals surface area contributed by atoms with E-state index in [9.17, 15) is 19.2 Å². The number of nitrogens with one attached hydrogen (secondary N) is 2. The summed E-state index contributed by atoms with van der Waals surface area (Å²) in [6.45, 7) is -0.299. The highest BCUT2D eigenvalue weighted by molar-refractivity contribution is 6.09. The normalized spacial score (nSPS) is 10.6. The van der Waals surface area contributed by atoms with Crippen LogP contribution in [0.4, 0.5) is 15.8 Å². The predicted octanol–water partition coefficient (Wildman–Crippen LogP) is 4.39. The quantitative estimate of drug-likeness (QED) is 0.442. The molecule has 3 aromatic rings. The number of rotatable bonds is 7. The second kappa shape index (κ2) is 10.4. The third-order valence-electron chi connectivity index (χ3n) is 4.11. The monoisotopic (exact) mass is 415 g/mol. The summed E-state index contributed by atoms with van der Waals surface area (Å²) in [5.41, 5.74) is 1.23. The van der Waals surface area contributed by atoms with Crippen LogP contribution in [0.15, 0.2) is 84.4 Å². The van der Waals surface area contributed by atoms with Crippen LogP contribution < -0.4 is 15.4 Å². The molecule has 0 atom stereocenters. The van der Waals surface area contributed by atoms with Gasteiger partial charge in [-0.25, -0.2) is 4.39 Å². The molecule has 2 amide bonds. The summed E-state index contributed by atoms with van der Waals surface area (Å²) in [6, 6.07) is 23.1. The summed E-state index contributed by atoms with van der Waals surface area (Å²) < 4.78 is 19.0. The lowest BCUT2D eigenvalue weighted by molar-refractivity contribution is -0.118. The number of halogens is 1. The molecule has 0 aliphatic heterocycles. The van der Waals surface area contributed by atoms with E-state index in [1.807, 2.05) is 12.1 Å². The Morgan fingerprint density at radius 2 is 1.61 bits per heavy atom. The molecule has 0 bridgehead atoms. The third-order valence-corrected chi connectivity index (χ3v) is 4.11. The first-order valence-corrected chi connectivity index (χ1v) is 9.30. The maximum absolute atomic E-state index is 13.6. The molecule has 7 heteroatoms. The number of carbonyl (C=O) groups excluding carboxylic acids is 2. The van der Waals surface area contributed by atoms with Gasteiger partial charge in [0.05, 0.1) is 5.69 Å². The topological polar surface area (TPSA) is 91.2 Å². The van der Waals surface area contributed by atoms with Crippen LogP contribution in [-0.2, 0) is 9.59 Å². The van der Waals surface area contributed by atoms with E-state index in [0.717, 1.165) is 0 Å². The number of hydrogen-bond acceptors (Lipinski definition) is 4. The van der Waals surface area contributed by atoms with Crippen molar-refractivity contribution < 1.29 is 18.7 Å². The Morgan fingerprint density at radius 3 is 2.29 bits per heavy atom. The number of hydrogen-bond donors (Lipinski definition) is 2. The summed E-state index contributed by atoms with van der Waals surface area (Å²) in [6.07, 6.45) is 1.45. The molecule has 2 N–H and O–H groups in total. The molecule has 0 fully saturated rings. The number of ether oxygens (including phenoxy) is 1. The van der Waals surface area contributed by atoms with Gasteiger partial charge in [0.1, 0.15) is 23.2 Å². The highest BCUT2D eigenvalue weighted by Crippen LogP contribution is 2.16.